The monoisotopic (exact) mass is 419 g/mol. The molecule has 2 heterocycles. The van der Waals surface area contributed by atoms with Crippen LogP contribution in [0.2, 0.25) is 0 Å². The van der Waals surface area contributed by atoms with Gasteiger partial charge in [0.2, 0.25) is 11.9 Å². The fourth-order valence-corrected chi connectivity index (χ4v) is 3.78. The zero-order valence-electron chi connectivity index (χ0n) is 16.8. The van der Waals surface area contributed by atoms with Crippen molar-refractivity contribution in [2.75, 3.05) is 22.6 Å². The molecule has 1 aromatic carbocycles. The Morgan fingerprint density at radius 3 is 2.70 bits per heavy atom. The maximum Gasteiger partial charge on any atom is 0.249 e. The Kier molecular flexibility index (Phi) is 5.19. The maximum absolute atomic E-state index is 13.3. The van der Waals surface area contributed by atoms with Gasteiger partial charge in [-0.25, -0.2) is 13.8 Å². The first-order valence-corrected chi connectivity index (χ1v) is 9.71. The fourth-order valence-electron chi connectivity index (χ4n) is 3.78. The van der Waals surface area contributed by atoms with E-state index in [1.165, 1.54) is 6.07 Å². The molecule has 1 saturated carbocycles. The van der Waals surface area contributed by atoms with Gasteiger partial charge in [-0.3, -0.25) is 4.79 Å². The highest BCUT2D eigenvalue weighted by Gasteiger charge is 2.37. The lowest BCUT2D eigenvalue weighted by Gasteiger charge is -2.38. The number of carbonyl (C=O) groups excluding carboxylic acids is 1. The molecule has 0 spiro atoms. The van der Waals surface area contributed by atoms with Crippen molar-refractivity contribution in [3.05, 3.63) is 35.5 Å². The molecule has 0 unspecified atom stereocenters. The number of aryl methyl sites for hydroxylation is 1. The highest BCUT2D eigenvalue weighted by molar-refractivity contribution is 6.03. The van der Waals surface area contributed by atoms with Gasteiger partial charge < -0.3 is 25.4 Å². The second-order valence-corrected chi connectivity index (χ2v) is 7.75. The van der Waals surface area contributed by atoms with Gasteiger partial charge in [-0.1, -0.05) is 0 Å². The van der Waals surface area contributed by atoms with E-state index in [1.807, 2.05) is 0 Å². The van der Waals surface area contributed by atoms with Crippen molar-refractivity contribution in [1.29, 1.82) is 0 Å². The maximum atomic E-state index is 13.3. The van der Waals surface area contributed by atoms with Crippen LogP contribution in [0.3, 0.4) is 0 Å². The molecule has 2 aromatic rings. The number of nitrogens with zero attached hydrogens (tertiary/aromatic N) is 3. The van der Waals surface area contributed by atoms with Gasteiger partial charge in [0.25, 0.3) is 0 Å². The third kappa shape index (κ3) is 3.74. The summed E-state index contributed by atoms with van der Waals surface area (Å²) in [5, 5.41) is 16.0. The molecule has 0 bridgehead atoms. The van der Waals surface area contributed by atoms with Crippen LogP contribution in [-0.4, -0.2) is 52.3 Å². The van der Waals surface area contributed by atoms with Gasteiger partial charge in [0, 0.05) is 32.0 Å². The number of fused-ring (bicyclic) bond motifs is 1. The van der Waals surface area contributed by atoms with Gasteiger partial charge in [0.15, 0.2) is 17.5 Å². The predicted molar refractivity (Wildman–Crippen MR) is 107 cm³/mol. The molecule has 0 radical (unpaired) electrons. The molecule has 3 N–H and O–H groups in total. The van der Waals surface area contributed by atoms with Crippen molar-refractivity contribution in [2.45, 2.75) is 51.0 Å². The molecule has 0 saturated heterocycles. The Hall–Kier alpha value is -3.01. The van der Waals surface area contributed by atoms with Gasteiger partial charge in [-0.15, -0.1) is 0 Å². The normalized spacial score (nSPS) is 23.9. The molecular formula is C20H23F2N5O3. The van der Waals surface area contributed by atoms with E-state index in [0.29, 0.717) is 41.7 Å². The third-order valence-corrected chi connectivity index (χ3v) is 5.42. The predicted octanol–water partition coefficient (Wildman–Crippen LogP) is 2.22. The van der Waals surface area contributed by atoms with Crippen molar-refractivity contribution in [2.24, 2.45) is 0 Å². The van der Waals surface area contributed by atoms with E-state index in [1.54, 1.807) is 25.8 Å². The zero-order valence-corrected chi connectivity index (χ0v) is 16.8. The molecule has 160 valence electrons. The Balaban J connectivity index is 1.41. The number of benzene rings is 1. The van der Waals surface area contributed by atoms with Gasteiger partial charge in [0.1, 0.15) is 23.6 Å². The highest BCUT2D eigenvalue weighted by Crippen LogP contribution is 2.34. The standard InChI is InChI=1S/C20H23F2N5O3/c1-9-16-18(27(3)17(10(2)28)19(29)25-16)26-20(23-9)24-11-6-13(7-11)30-12-4-5-14(21)15(22)8-12/h4-5,8,10-11,13,17,28H,6-7H2,1-3H3,(H,25,29)(H,23,24,26)/t10-,11-,13-,17-/m0/s1. The van der Waals surface area contributed by atoms with E-state index in [0.717, 1.165) is 12.1 Å². The van der Waals surface area contributed by atoms with Crippen LogP contribution in [0.4, 0.5) is 26.2 Å². The lowest BCUT2D eigenvalue weighted by molar-refractivity contribution is -0.119. The molecule has 8 nitrogen and oxygen atoms in total. The van der Waals surface area contributed by atoms with E-state index in [-0.39, 0.29) is 18.1 Å². The van der Waals surface area contributed by atoms with E-state index >= 15 is 0 Å². The number of hydrogen-bond donors (Lipinski definition) is 3. The van der Waals surface area contributed by atoms with Crippen molar-refractivity contribution < 1.29 is 23.4 Å². The first-order chi connectivity index (χ1) is 14.2. The summed E-state index contributed by atoms with van der Waals surface area (Å²) in [6, 6.07) is 2.80. The van der Waals surface area contributed by atoms with Crippen LogP contribution in [-0.2, 0) is 4.79 Å². The van der Waals surface area contributed by atoms with Crippen molar-refractivity contribution >= 4 is 23.4 Å². The van der Waals surface area contributed by atoms with Crippen LogP contribution in [0.25, 0.3) is 0 Å². The van der Waals surface area contributed by atoms with Gasteiger partial charge in [-0.05, 0) is 26.0 Å². The topological polar surface area (TPSA) is 99.6 Å². The van der Waals surface area contributed by atoms with Crippen molar-refractivity contribution in [1.82, 2.24) is 9.97 Å². The summed E-state index contributed by atoms with van der Waals surface area (Å²) in [5.41, 5.74) is 1.14. The van der Waals surface area contributed by atoms with Crippen LogP contribution < -0.4 is 20.3 Å². The number of ether oxygens (including phenoxy) is 1. The van der Waals surface area contributed by atoms with E-state index < -0.39 is 23.8 Å². The number of rotatable bonds is 5. The number of hydrogen-bond acceptors (Lipinski definition) is 7. The summed E-state index contributed by atoms with van der Waals surface area (Å²) in [4.78, 5) is 22.8. The van der Waals surface area contributed by atoms with E-state index in [9.17, 15) is 18.7 Å². The smallest absolute Gasteiger partial charge is 0.249 e. The second-order valence-electron chi connectivity index (χ2n) is 7.75. The Morgan fingerprint density at radius 2 is 2.03 bits per heavy atom. The molecule has 1 aliphatic carbocycles. The van der Waals surface area contributed by atoms with E-state index in [4.69, 9.17) is 4.74 Å². The lowest BCUT2D eigenvalue weighted by atomic mass is 9.89. The molecule has 1 fully saturated rings. The van der Waals surface area contributed by atoms with Crippen LogP contribution in [0.1, 0.15) is 25.5 Å². The fraction of sp³-hybridized carbons (Fsp3) is 0.450. The summed E-state index contributed by atoms with van der Waals surface area (Å²) in [5.74, 6) is -0.914. The molecule has 10 heteroatoms. The average Bonchev–Trinajstić information content (AvgIpc) is 2.63. The minimum Gasteiger partial charge on any atom is -0.490 e. The summed E-state index contributed by atoms with van der Waals surface area (Å²) < 4.78 is 32.0. The Morgan fingerprint density at radius 1 is 1.30 bits per heavy atom. The first kappa shape index (κ1) is 20.3. The van der Waals surface area contributed by atoms with Crippen molar-refractivity contribution in [3.8, 4) is 5.75 Å². The van der Waals surface area contributed by atoms with Crippen LogP contribution in [0.5, 0.6) is 5.75 Å². The number of anilines is 3. The first-order valence-electron chi connectivity index (χ1n) is 9.71. The molecule has 1 aliphatic heterocycles. The molecule has 30 heavy (non-hydrogen) atoms. The van der Waals surface area contributed by atoms with Gasteiger partial charge >= 0.3 is 0 Å². The number of carbonyl (C=O) groups is 1. The van der Waals surface area contributed by atoms with Gasteiger partial charge in [0.05, 0.1) is 11.8 Å². The zero-order chi connectivity index (χ0) is 21.6. The quantitative estimate of drug-likeness (QED) is 0.683. The van der Waals surface area contributed by atoms with Gasteiger partial charge in [-0.2, -0.15) is 4.98 Å². The number of likely N-dealkylation sites (N-methyl/N-ethyl adjacent to an activating group) is 1. The number of aliphatic hydroxyl groups excluding tert-OH is 1. The second kappa shape index (κ2) is 7.67. The molecule has 2 aliphatic rings. The number of nitrogens with one attached hydrogen (secondary N) is 2. The molecule has 1 aromatic heterocycles. The summed E-state index contributed by atoms with van der Waals surface area (Å²) in [6.07, 6.45) is 0.325. The van der Waals surface area contributed by atoms with E-state index in [2.05, 4.69) is 20.6 Å². The molecule has 2 atom stereocenters. The minimum atomic E-state index is -0.939. The Labute approximate surface area is 172 Å². The summed E-state index contributed by atoms with van der Waals surface area (Å²) in [6.45, 7) is 3.33. The van der Waals surface area contributed by atoms with Crippen LogP contribution >= 0.6 is 0 Å². The van der Waals surface area contributed by atoms with Crippen molar-refractivity contribution in [3.63, 3.8) is 0 Å². The molecular weight excluding hydrogens is 396 g/mol. The SMILES string of the molecule is Cc1nc(N[C@H]2C[C@H](Oc3ccc(F)c(F)c3)C2)nc2c1NC(=O)[C@H]([C@H](C)O)N2C. The molecule has 1 amide bonds. The van der Waals surface area contributed by atoms with Crippen LogP contribution in [0, 0.1) is 18.6 Å². The summed E-state index contributed by atoms with van der Waals surface area (Å²) in [7, 11) is 1.71. The summed E-state index contributed by atoms with van der Waals surface area (Å²) >= 11 is 0. The average molecular weight is 419 g/mol. The number of aromatic nitrogens is 2. The molecule has 4 rings (SSSR count). The number of amides is 1. The third-order valence-electron chi connectivity index (χ3n) is 5.42. The number of halogens is 2. The highest BCUT2D eigenvalue weighted by atomic mass is 19.2. The minimum absolute atomic E-state index is 0.0637. The Bertz CT molecular complexity index is 981. The largest absolute Gasteiger partial charge is 0.490 e. The number of aliphatic hydroxyl groups is 1. The van der Waals surface area contributed by atoms with Crippen LogP contribution in [0.15, 0.2) is 18.2 Å². The lowest BCUT2D eigenvalue weighted by Crippen LogP contribution is -2.52.